The molecule has 2 aromatic carbocycles. The van der Waals surface area contributed by atoms with E-state index in [-0.39, 0.29) is 29.2 Å². The maximum Gasteiger partial charge on any atom is 0.407 e. The topological polar surface area (TPSA) is 95.9 Å². The molecule has 2 N–H and O–H groups in total. The number of halogens is 4. The molecular formula is C31H34ClF3N2O5S. The van der Waals surface area contributed by atoms with Crippen molar-refractivity contribution in [3.63, 3.8) is 0 Å². The van der Waals surface area contributed by atoms with Gasteiger partial charge in [-0.25, -0.2) is 13.1 Å². The van der Waals surface area contributed by atoms with Gasteiger partial charge in [-0.3, -0.25) is 4.79 Å². The minimum atomic E-state index is -5.12. The summed E-state index contributed by atoms with van der Waals surface area (Å²) in [5, 5.41) is 8.84. The van der Waals surface area contributed by atoms with Crippen molar-refractivity contribution < 1.29 is 36.2 Å². The number of aryl methyl sites for hydroxylation is 1. The van der Waals surface area contributed by atoms with Gasteiger partial charge in [-0.2, -0.15) is 13.2 Å². The van der Waals surface area contributed by atoms with Gasteiger partial charge >= 0.3 is 6.18 Å². The zero-order valence-electron chi connectivity index (χ0n) is 23.4. The number of aliphatic hydroxyl groups excluding tert-OH is 1. The van der Waals surface area contributed by atoms with E-state index in [0.29, 0.717) is 36.2 Å². The molecule has 2 aliphatic carbocycles. The number of amides is 1. The smallest absolute Gasteiger partial charge is 0.407 e. The van der Waals surface area contributed by atoms with Crippen molar-refractivity contribution in [2.24, 2.45) is 11.8 Å². The van der Waals surface area contributed by atoms with Crippen molar-refractivity contribution in [3.05, 3.63) is 70.3 Å². The van der Waals surface area contributed by atoms with Crippen molar-refractivity contribution in [3.8, 4) is 5.75 Å². The van der Waals surface area contributed by atoms with E-state index in [4.69, 9.17) is 16.3 Å². The first kappa shape index (κ1) is 30.3. The second-order valence-electron chi connectivity index (χ2n) is 12.3. The first-order chi connectivity index (χ1) is 20.4. The van der Waals surface area contributed by atoms with E-state index in [1.807, 2.05) is 12.1 Å². The van der Waals surface area contributed by atoms with Crippen LogP contribution in [0.3, 0.4) is 0 Å². The lowest BCUT2D eigenvalue weighted by Crippen LogP contribution is -2.49. The van der Waals surface area contributed by atoms with Gasteiger partial charge in [-0.05, 0) is 98.2 Å². The lowest BCUT2D eigenvalue weighted by molar-refractivity contribution is -0.129. The summed E-state index contributed by atoms with van der Waals surface area (Å²) < 4.78 is 75.2. The lowest BCUT2D eigenvalue weighted by Gasteiger charge is -2.45. The summed E-state index contributed by atoms with van der Waals surface area (Å²) in [7, 11) is -5.12. The maximum atomic E-state index is 13.8. The second-order valence-corrected chi connectivity index (χ2v) is 14.6. The van der Waals surface area contributed by atoms with Crippen LogP contribution in [0.1, 0.15) is 60.0 Å². The van der Waals surface area contributed by atoms with E-state index in [1.165, 1.54) is 18.2 Å². The van der Waals surface area contributed by atoms with Gasteiger partial charge in [0.25, 0.3) is 5.91 Å². The number of carbonyl (C=O) groups is 1. The fraction of sp³-hybridized carbons (Fsp3) is 0.516. The molecule has 4 aliphatic rings. The van der Waals surface area contributed by atoms with Crippen LogP contribution in [0.4, 0.5) is 18.9 Å². The van der Waals surface area contributed by atoms with E-state index in [2.05, 4.69) is 11.0 Å². The van der Waals surface area contributed by atoms with Crippen LogP contribution in [0, 0.1) is 11.8 Å². The van der Waals surface area contributed by atoms with Crippen LogP contribution in [0.2, 0.25) is 5.02 Å². The van der Waals surface area contributed by atoms with Gasteiger partial charge in [-0.1, -0.05) is 29.8 Å². The Kier molecular flexibility index (Phi) is 7.96. The Morgan fingerprint density at radius 2 is 1.88 bits per heavy atom. The number of hydrogen-bond acceptors (Lipinski definition) is 6. The normalized spacial score (nSPS) is 31.5. The fourth-order valence-corrected chi connectivity index (χ4v) is 8.62. The summed E-state index contributed by atoms with van der Waals surface area (Å²) in [6.07, 6.45) is 0.248. The standard InChI is InChI=1S/C31H34ClF3N2O5S/c32-22-9-11-24-19(14-22)4-3-13-30(24)17-37-16-21-7-10-23(21)26(38)5-1-2-6-28(31(33,34)35)43(40,41)36-29(39)20-8-12-27(42-18-30)25(37)15-20/h1-2,8-9,11-12,14-15,21,23,26,28,38H,3-7,10,13,16-18H2,(H,36,39)/b2-1+/t21-,23+,26-,28-,30-/m0/s1. The number of aliphatic hydroxyl groups is 1. The summed E-state index contributed by atoms with van der Waals surface area (Å²) in [5.41, 5.74) is 2.42. The zero-order valence-corrected chi connectivity index (χ0v) is 25.0. The summed E-state index contributed by atoms with van der Waals surface area (Å²) in [5.74, 6) is -0.576. The lowest BCUT2D eigenvalue weighted by atomic mass is 9.68. The number of carbonyl (C=O) groups excluding carboxylic acids is 1. The van der Waals surface area contributed by atoms with Gasteiger partial charge in [0.2, 0.25) is 10.0 Å². The number of allylic oxidation sites excluding steroid dienone is 1. The predicted octanol–water partition coefficient (Wildman–Crippen LogP) is 5.54. The van der Waals surface area contributed by atoms with Crippen LogP contribution in [-0.2, 0) is 21.9 Å². The average molecular weight is 639 g/mol. The van der Waals surface area contributed by atoms with Crippen molar-refractivity contribution in [1.29, 1.82) is 0 Å². The Morgan fingerprint density at radius 1 is 1.09 bits per heavy atom. The summed E-state index contributed by atoms with van der Waals surface area (Å²) in [4.78, 5) is 15.3. The molecule has 1 amide bonds. The monoisotopic (exact) mass is 638 g/mol. The molecule has 2 heterocycles. The first-order valence-corrected chi connectivity index (χ1v) is 16.6. The molecule has 0 aromatic heterocycles. The van der Waals surface area contributed by atoms with Gasteiger partial charge < -0.3 is 14.7 Å². The molecule has 7 nitrogen and oxygen atoms in total. The van der Waals surface area contributed by atoms with Crippen LogP contribution in [0.5, 0.6) is 5.75 Å². The van der Waals surface area contributed by atoms with E-state index in [0.717, 1.165) is 49.3 Å². The largest absolute Gasteiger partial charge is 0.490 e. The quantitative estimate of drug-likeness (QED) is 0.368. The molecule has 1 saturated carbocycles. The van der Waals surface area contributed by atoms with Crippen LogP contribution in [0.25, 0.3) is 0 Å². The van der Waals surface area contributed by atoms with Crippen LogP contribution in [-0.4, -0.2) is 56.7 Å². The number of sulfonamides is 1. The Morgan fingerprint density at radius 3 is 2.63 bits per heavy atom. The maximum absolute atomic E-state index is 13.8. The molecule has 6 rings (SSSR count). The number of nitrogens with one attached hydrogen (secondary N) is 1. The van der Waals surface area contributed by atoms with Crippen molar-refractivity contribution in [2.75, 3.05) is 24.6 Å². The minimum absolute atomic E-state index is 0.0628. The SMILES string of the molecule is O=C1NS(=O)(=O)[C@H](C(F)(F)F)C/C=C/C[C@H](O)[C@@H]2CC[C@H]2CN2C[C@@]3(CCCc4cc(Cl)ccc43)COc3ccc1cc32. The number of benzene rings is 2. The summed E-state index contributed by atoms with van der Waals surface area (Å²) >= 11 is 6.33. The first-order valence-electron chi connectivity index (χ1n) is 14.6. The molecule has 2 aliphatic heterocycles. The number of anilines is 1. The van der Waals surface area contributed by atoms with Crippen LogP contribution >= 0.6 is 11.6 Å². The van der Waals surface area contributed by atoms with E-state index >= 15 is 0 Å². The number of alkyl halides is 3. The summed E-state index contributed by atoms with van der Waals surface area (Å²) in [6, 6.07) is 10.4. The third-order valence-electron chi connectivity index (χ3n) is 9.59. The fourth-order valence-electron chi connectivity index (χ4n) is 7.19. The van der Waals surface area contributed by atoms with E-state index < -0.39 is 39.9 Å². The molecule has 2 aromatic rings. The predicted molar refractivity (Wildman–Crippen MR) is 157 cm³/mol. The number of rotatable bonds is 0. The minimum Gasteiger partial charge on any atom is -0.490 e. The molecule has 0 unspecified atom stereocenters. The third-order valence-corrected chi connectivity index (χ3v) is 11.5. The Balaban J connectivity index is 1.42. The molecule has 2 bridgehead atoms. The Bertz CT molecular complexity index is 1550. The number of ether oxygens (including phenoxy) is 1. The Labute approximate surface area is 254 Å². The van der Waals surface area contributed by atoms with Crippen molar-refractivity contribution in [1.82, 2.24) is 4.72 Å². The Hall–Kier alpha value is -2.76. The number of hydrogen-bond donors (Lipinski definition) is 2. The van der Waals surface area contributed by atoms with E-state index in [1.54, 1.807) is 10.8 Å². The second kappa shape index (κ2) is 11.3. The van der Waals surface area contributed by atoms with E-state index in [9.17, 15) is 31.5 Å². The highest BCUT2D eigenvalue weighted by Crippen LogP contribution is 2.47. The molecule has 43 heavy (non-hydrogen) atoms. The molecule has 5 atom stereocenters. The van der Waals surface area contributed by atoms with Crippen molar-refractivity contribution >= 4 is 33.2 Å². The highest BCUT2D eigenvalue weighted by atomic mass is 35.5. The van der Waals surface area contributed by atoms with Gasteiger partial charge in [0.05, 0.1) is 18.4 Å². The van der Waals surface area contributed by atoms with Crippen molar-refractivity contribution in [2.45, 2.75) is 67.9 Å². The van der Waals surface area contributed by atoms with Crippen LogP contribution in [0.15, 0.2) is 48.6 Å². The third kappa shape index (κ3) is 5.88. The molecule has 12 heteroatoms. The molecule has 232 valence electrons. The van der Waals surface area contributed by atoms with Gasteiger partial charge in [-0.15, -0.1) is 0 Å². The number of fused-ring (bicyclic) bond motifs is 4. The van der Waals surface area contributed by atoms with Gasteiger partial charge in [0.15, 0.2) is 5.25 Å². The molecule has 0 saturated heterocycles. The summed E-state index contributed by atoms with van der Waals surface area (Å²) in [6.45, 7) is 1.50. The van der Waals surface area contributed by atoms with Gasteiger partial charge in [0, 0.05) is 29.1 Å². The highest BCUT2D eigenvalue weighted by molar-refractivity contribution is 7.90. The molecule has 0 radical (unpaired) electrons. The molecular weight excluding hydrogens is 605 g/mol. The molecule has 1 spiro atoms. The van der Waals surface area contributed by atoms with Gasteiger partial charge in [0.1, 0.15) is 5.75 Å². The molecule has 1 fully saturated rings. The average Bonchev–Trinajstić information content (AvgIpc) is 3.06. The zero-order chi connectivity index (χ0) is 30.6. The number of nitrogens with zero attached hydrogens (tertiary/aromatic N) is 1. The van der Waals surface area contributed by atoms with Crippen LogP contribution < -0.4 is 14.4 Å². The highest BCUT2D eigenvalue weighted by Gasteiger charge is 2.49.